The van der Waals surface area contributed by atoms with Gasteiger partial charge in [-0.25, -0.2) is 9.18 Å². The van der Waals surface area contributed by atoms with E-state index in [4.69, 9.17) is 5.11 Å². The molecule has 0 radical (unpaired) electrons. The molecule has 1 N–H and O–H groups in total. The molecule has 0 aliphatic carbocycles. The first kappa shape index (κ1) is 19.6. The third-order valence-electron chi connectivity index (χ3n) is 1.88. The molecule has 0 spiro atoms. The van der Waals surface area contributed by atoms with Gasteiger partial charge in [-0.2, -0.15) is 48.3 Å². The van der Waals surface area contributed by atoms with Crippen molar-refractivity contribution in [2.24, 2.45) is 0 Å². The number of hydrogen-bond acceptors (Lipinski definition) is 2. The first-order valence-electron chi connectivity index (χ1n) is 4.12. The van der Waals surface area contributed by atoms with Gasteiger partial charge in [-0.3, -0.25) is 0 Å². The minimum absolute atomic E-state index is 4.15. The van der Waals surface area contributed by atoms with E-state index >= 15 is 0 Å². The van der Waals surface area contributed by atoms with Crippen LogP contribution >= 0.6 is 0 Å². The molecular weight excluding hydrogens is 346 g/mol. The fourth-order valence-corrected chi connectivity index (χ4v) is 1.08. The van der Waals surface area contributed by atoms with Gasteiger partial charge in [0.05, 0.1) is 0 Å². The van der Waals surface area contributed by atoms with Crippen LogP contribution in [0.4, 0.5) is 52.7 Å². The first-order valence-corrected chi connectivity index (χ1v) is 4.12. The monoisotopic (exact) mass is 347 g/mol. The summed E-state index contributed by atoms with van der Waals surface area (Å²) in [5, 5.41) is 7.67. The zero-order chi connectivity index (χ0) is 17.7. The lowest BCUT2D eigenvalue weighted by atomic mass is 10.1. The lowest BCUT2D eigenvalue weighted by Crippen LogP contribution is -2.74. The lowest BCUT2D eigenvalue weighted by Gasteiger charge is -2.41. The molecule has 126 valence electrons. The summed E-state index contributed by atoms with van der Waals surface area (Å²) in [6, 6.07) is 0. The molecule has 0 saturated carbocycles. The van der Waals surface area contributed by atoms with Crippen LogP contribution in [0.25, 0.3) is 0 Å². The maximum absolute atomic E-state index is 13.2. The Hall–Kier alpha value is -1.41. The Labute approximate surface area is 105 Å². The van der Waals surface area contributed by atoms with E-state index in [9.17, 15) is 57.5 Å². The molecule has 0 aliphatic rings. The quantitative estimate of drug-likeness (QED) is 0.629. The number of hydrogen-bond donors (Lipinski definition) is 1. The maximum Gasteiger partial charge on any atom is 0.470 e. The van der Waals surface area contributed by atoms with Crippen LogP contribution in [0.2, 0.25) is 0 Å². The third kappa shape index (κ3) is 3.11. The van der Waals surface area contributed by atoms with Crippen molar-refractivity contribution in [1.82, 2.24) is 4.90 Å². The van der Waals surface area contributed by atoms with Crippen molar-refractivity contribution in [3.05, 3.63) is 0 Å². The van der Waals surface area contributed by atoms with Crippen molar-refractivity contribution < 1.29 is 62.6 Å². The van der Waals surface area contributed by atoms with E-state index in [-0.39, 0.29) is 0 Å². The SMILES string of the molecule is O=C(O)C(F)(F)C(F)(N(C(F)(F)F)C(F)(F)F)C(F)(F)F. The van der Waals surface area contributed by atoms with E-state index < -0.39 is 41.4 Å². The predicted molar refractivity (Wildman–Crippen MR) is 36.4 cm³/mol. The summed E-state index contributed by atoms with van der Waals surface area (Å²) < 4.78 is 147. The number of carboxylic acids is 1. The van der Waals surface area contributed by atoms with E-state index in [2.05, 4.69) is 0 Å². The number of alkyl halides is 12. The largest absolute Gasteiger partial charge is 0.477 e. The minimum atomic E-state index is -7.61. The summed E-state index contributed by atoms with van der Waals surface area (Å²) in [6.07, 6.45) is -22.2. The second-order valence-electron chi connectivity index (χ2n) is 3.27. The van der Waals surface area contributed by atoms with Crippen LogP contribution in [0.3, 0.4) is 0 Å². The number of halogens is 12. The summed E-state index contributed by atoms with van der Waals surface area (Å²) >= 11 is 0. The Balaban J connectivity index is 6.61. The van der Waals surface area contributed by atoms with E-state index in [1.54, 1.807) is 0 Å². The zero-order valence-electron chi connectivity index (χ0n) is 8.84. The van der Waals surface area contributed by atoms with Crippen LogP contribution in [0.15, 0.2) is 0 Å². The van der Waals surface area contributed by atoms with Crippen molar-refractivity contribution in [3.63, 3.8) is 0 Å². The second-order valence-corrected chi connectivity index (χ2v) is 3.27. The van der Waals surface area contributed by atoms with Crippen LogP contribution in [0.5, 0.6) is 0 Å². The molecule has 0 saturated heterocycles. The average molecular weight is 347 g/mol. The smallest absolute Gasteiger partial charge is 0.470 e. The molecule has 0 aromatic rings. The second kappa shape index (κ2) is 4.81. The van der Waals surface area contributed by atoms with Gasteiger partial charge in [0.25, 0.3) is 0 Å². The highest BCUT2D eigenvalue weighted by Gasteiger charge is 2.86. The maximum atomic E-state index is 13.2. The molecule has 15 heteroatoms. The summed E-state index contributed by atoms with van der Waals surface area (Å²) in [4.78, 5) is 5.67. The fraction of sp³-hybridized carbons (Fsp3) is 0.833. The van der Waals surface area contributed by atoms with Gasteiger partial charge in [0.15, 0.2) is 0 Å². The van der Waals surface area contributed by atoms with E-state index in [1.807, 2.05) is 0 Å². The number of carboxylic acid groups (broad SMARTS) is 1. The molecule has 0 aromatic heterocycles. The molecule has 0 aliphatic heterocycles. The normalized spacial score (nSPS) is 17.8. The Morgan fingerprint density at radius 1 is 0.714 bits per heavy atom. The molecule has 0 aromatic carbocycles. The van der Waals surface area contributed by atoms with Gasteiger partial charge < -0.3 is 5.11 Å². The summed E-state index contributed by atoms with van der Waals surface area (Å²) in [6.45, 7) is 0. The van der Waals surface area contributed by atoms with E-state index in [1.165, 1.54) is 0 Å². The highest BCUT2D eigenvalue weighted by molar-refractivity contribution is 5.77. The Kier molecular flexibility index (Phi) is 4.48. The minimum Gasteiger partial charge on any atom is -0.477 e. The van der Waals surface area contributed by atoms with Crippen molar-refractivity contribution in [2.45, 2.75) is 30.5 Å². The molecule has 0 rings (SSSR count). The van der Waals surface area contributed by atoms with Gasteiger partial charge >= 0.3 is 36.5 Å². The van der Waals surface area contributed by atoms with Crippen LogP contribution in [0, 0.1) is 0 Å². The Bertz CT molecular complexity index is 393. The topological polar surface area (TPSA) is 40.5 Å². The molecule has 0 fully saturated rings. The molecule has 1 atom stereocenters. The summed E-state index contributed by atoms with van der Waals surface area (Å²) in [7, 11) is 0. The van der Waals surface area contributed by atoms with Gasteiger partial charge in [-0.1, -0.05) is 4.90 Å². The van der Waals surface area contributed by atoms with Crippen LogP contribution < -0.4 is 0 Å². The molecule has 0 amide bonds. The average Bonchev–Trinajstić information content (AvgIpc) is 2.09. The van der Waals surface area contributed by atoms with Crippen LogP contribution in [0.1, 0.15) is 0 Å². The summed E-state index contributed by atoms with van der Waals surface area (Å²) in [5.74, 6) is -18.9. The van der Waals surface area contributed by atoms with Crippen molar-refractivity contribution in [3.8, 4) is 0 Å². The molecule has 1 unspecified atom stereocenters. The van der Waals surface area contributed by atoms with Gasteiger partial charge in [0.1, 0.15) is 0 Å². The zero-order valence-corrected chi connectivity index (χ0v) is 8.84. The van der Waals surface area contributed by atoms with Crippen molar-refractivity contribution >= 4 is 5.97 Å². The van der Waals surface area contributed by atoms with Gasteiger partial charge in [0.2, 0.25) is 0 Å². The third-order valence-corrected chi connectivity index (χ3v) is 1.88. The van der Waals surface area contributed by atoms with Crippen molar-refractivity contribution in [2.75, 3.05) is 0 Å². The number of carbonyl (C=O) groups is 1. The number of nitrogens with zero attached hydrogens (tertiary/aromatic N) is 1. The molecule has 21 heavy (non-hydrogen) atoms. The first-order chi connectivity index (χ1) is 8.81. The van der Waals surface area contributed by atoms with Crippen LogP contribution in [-0.2, 0) is 4.79 Å². The standard InChI is InChI=1S/C6HF12NO2/c7-2(8,1(20)21)3(9,4(10,11)12)19(5(13,14)15)6(16,17)18/h(H,20,21). The van der Waals surface area contributed by atoms with E-state index in [0.717, 1.165) is 0 Å². The van der Waals surface area contributed by atoms with Crippen molar-refractivity contribution in [1.29, 1.82) is 0 Å². The molecular formula is C6HF12NO2. The predicted octanol–water partition coefficient (Wildman–Crippen LogP) is 3.28. The fourth-order valence-electron chi connectivity index (χ4n) is 1.08. The van der Waals surface area contributed by atoms with Crippen LogP contribution in [-0.4, -0.2) is 46.5 Å². The number of aliphatic carboxylic acids is 1. The molecule has 0 bridgehead atoms. The van der Waals surface area contributed by atoms with Gasteiger partial charge in [-0.15, -0.1) is 0 Å². The summed E-state index contributed by atoms with van der Waals surface area (Å²) in [5.41, 5.74) is 0. The highest BCUT2D eigenvalue weighted by Crippen LogP contribution is 2.54. The molecule has 0 heterocycles. The number of rotatable bonds is 3. The van der Waals surface area contributed by atoms with Gasteiger partial charge in [-0.05, 0) is 0 Å². The lowest BCUT2D eigenvalue weighted by molar-refractivity contribution is -0.479. The Morgan fingerprint density at radius 3 is 1.14 bits per heavy atom. The Morgan fingerprint density at radius 2 is 1.00 bits per heavy atom. The van der Waals surface area contributed by atoms with E-state index in [0.29, 0.717) is 0 Å². The van der Waals surface area contributed by atoms with Gasteiger partial charge in [0, 0.05) is 0 Å². The highest BCUT2D eigenvalue weighted by atomic mass is 19.4. The molecule has 3 nitrogen and oxygen atoms in total.